The van der Waals surface area contributed by atoms with E-state index in [1.54, 1.807) is 4.90 Å². The summed E-state index contributed by atoms with van der Waals surface area (Å²) in [6, 6.07) is 3.15. The maximum atomic E-state index is 12.6. The van der Waals surface area contributed by atoms with Gasteiger partial charge in [-0.3, -0.25) is 4.79 Å². The van der Waals surface area contributed by atoms with Gasteiger partial charge < -0.3 is 14.4 Å². The van der Waals surface area contributed by atoms with Gasteiger partial charge in [0, 0.05) is 18.8 Å². The van der Waals surface area contributed by atoms with Crippen LogP contribution in [0.5, 0.6) is 5.88 Å². The highest BCUT2D eigenvalue weighted by Gasteiger charge is 2.35. The predicted molar refractivity (Wildman–Crippen MR) is 86.9 cm³/mol. The molecule has 3 rings (SSSR count). The molecule has 0 bridgehead atoms. The Kier molecular flexibility index (Phi) is 5.72. The Morgan fingerprint density at radius 2 is 2.27 bits per heavy atom. The van der Waals surface area contributed by atoms with Gasteiger partial charge >= 0.3 is 6.18 Å². The van der Waals surface area contributed by atoms with E-state index in [0.717, 1.165) is 11.8 Å². The Labute approximate surface area is 151 Å². The van der Waals surface area contributed by atoms with Crippen LogP contribution in [0.3, 0.4) is 0 Å². The molecule has 0 saturated carbocycles. The van der Waals surface area contributed by atoms with E-state index in [-0.39, 0.29) is 18.4 Å². The number of halogens is 3. The molecule has 0 N–H and O–H groups in total. The number of carbonyl (C=O) groups excluding carboxylic acids is 1. The van der Waals surface area contributed by atoms with Gasteiger partial charge in [-0.1, -0.05) is 0 Å². The number of ether oxygens (including phenoxy) is 2. The van der Waals surface area contributed by atoms with Crippen molar-refractivity contribution in [2.75, 3.05) is 26.3 Å². The van der Waals surface area contributed by atoms with E-state index in [4.69, 9.17) is 9.47 Å². The Balaban J connectivity index is 1.53. The molecule has 2 aromatic heterocycles. The molecule has 1 aliphatic rings. The molecule has 6 nitrogen and oxygen atoms in total. The Hall–Kier alpha value is -2.20. The SMILES string of the molecule is O=C(Cc1ccsc1)N1CCOC(COc2ccnc(C(F)(F)F)n2)C1. The minimum absolute atomic E-state index is 0.00343. The number of amides is 1. The number of aromatic nitrogens is 2. The van der Waals surface area contributed by atoms with Gasteiger partial charge in [0.25, 0.3) is 0 Å². The quantitative estimate of drug-likeness (QED) is 0.788. The van der Waals surface area contributed by atoms with Crippen molar-refractivity contribution in [1.29, 1.82) is 0 Å². The van der Waals surface area contributed by atoms with Gasteiger partial charge in [0.15, 0.2) is 0 Å². The minimum Gasteiger partial charge on any atom is -0.475 e. The zero-order chi connectivity index (χ0) is 18.6. The van der Waals surface area contributed by atoms with Crippen molar-refractivity contribution in [3.63, 3.8) is 0 Å². The molecule has 1 atom stereocenters. The molecule has 1 amide bonds. The van der Waals surface area contributed by atoms with Crippen molar-refractivity contribution in [3.05, 3.63) is 40.5 Å². The largest absolute Gasteiger partial charge is 0.475 e. The number of nitrogens with zero attached hydrogens (tertiary/aromatic N) is 3. The molecule has 2 aromatic rings. The summed E-state index contributed by atoms with van der Waals surface area (Å²) in [6.07, 6.45) is -3.76. The van der Waals surface area contributed by atoms with Gasteiger partial charge in [-0.2, -0.15) is 29.5 Å². The van der Waals surface area contributed by atoms with Crippen LogP contribution in [0, 0.1) is 0 Å². The lowest BCUT2D eigenvalue weighted by Gasteiger charge is -2.32. The van der Waals surface area contributed by atoms with Crippen molar-refractivity contribution in [1.82, 2.24) is 14.9 Å². The highest BCUT2D eigenvalue weighted by atomic mass is 32.1. The molecule has 0 aromatic carbocycles. The van der Waals surface area contributed by atoms with Crippen molar-refractivity contribution in [2.45, 2.75) is 18.7 Å². The van der Waals surface area contributed by atoms with E-state index >= 15 is 0 Å². The topological polar surface area (TPSA) is 64.6 Å². The molecule has 26 heavy (non-hydrogen) atoms. The molecule has 1 unspecified atom stereocenters. The molecule has 0 spiro atoms. The first-order valence-corrected chi connectivity index (χ1v) is 8.79. The van der Waals surface area contributed by atoms with Crippen LogP contribution >= 0.6 is 11.3 Å². The average Bonchev–Trinajstić information content (AvgIpc) is 3.13. The standard InChI is InChI=1S/C16H16F3N3O3S/c17-16(18,19)15-20-3-1-13(21-15)25-9-12-8-22(4-5-24-12)14(23)7-11-2-6-26-10-11/h1-3,6,10,12H,4-5,7-9H2. The third-order valence-corrected chi connectivity index (χ3v) is 4.46. The lowest BCUT2D eigenvalue weighted by molar-refractivity contribution is -0.145. The molecule has 3 heterocycles. The normalized spacial score (nSPS) is 18.0. The summed E-state index contributed by atoms with van der Waals surface area (Å²) >= 11 is 1.53. The maximum absolute atomic E-state index is 12.6. The summed E-state index contributed by atoms with van der Waals surface area (Å²) in [4.78, 5) is 20.5. The van der Waals surface area contributed by atoms with Crippen LogP contribution in [-0.2, 0) is 22.1 Å². The van der Waals surface area contributed by atoms with Gasteiger partial charge in [-0.05, 0) is 22.4 Å². The number of morpholine rings is 1. The summed E-state index contributed by atoms with van der Waals surface area (Å²) in [6.45, 7) is 1.14. The van der Waals surface area contributed by atoms with Crippen molar-refractivity contribution >= 4 is 17.2 Å². The summed E-state index contributed by atoms with van der Waals surface area (Å²) in [5.74, 6) is -1.46. The molecule has 0 radical (unpaired) electrons. The smallest absolute Gasteiger partial charge is 0.451 e. The molecule has 140 valence electrons. The predicted octanol–water partition coefficient (Wildman–Crippen LogP) is 2.41. The van der Waals surface area contributed by atoms with Gasteiger partial charge in [0.1, 0.15) is 12.7 Å². The monoisotopic (exact) mass is 387 g/mol. The highest BCUT2D eigenvalue weighted by molar-refractivity contribution is 7.08. The Morgan fingerprint density at radius 1 is 1.42 bits per heavy atom. The van der Waals surface area contributed by atoms with Crippen LogP contribution in [-0.4, -0.2) is 53.2 Å². The lowest BCUT2D eigenvalue weighted by Crippen LogP contribution is -2.48. The number of carbonyl (C=O) groups is 1. The van der Waals surface area contributed by atoms with E-state index in [0.29, 0.717) is 26.1 Å². The highest BCUT2D eigenvalue weighted by Crippen LogP contribution is 2.26. The van der Waals surface area contributed by atoms with Crippen molar-refractivity contribution in [3.8, 4) is 5.88 Å². The first-order chi connectivity index (χ1) is 12.4. The van der Waals surface area contributed by atoms with Gasteiger partial charge in [-0.15, -0.1) is 0 Å². The van der Waals surface area contributed by atoms with E-state index in [1.165, 1.54) is 17.4 Å². The van der Waals surface area contributed by atoms with Crippen LogP contribution in [0.25, 0.3) is 0 Å². The Morgan fingerprint density at radius 3 is 3.00 bits per heavy atom. The summed E-state index contributed by atoms with van der Waals surface area (Å²) in [5, 5.41) is 3.84. The van der Waals surface area contributed by atoms with Crippen LogP contribution in [0.4, 0.5) is 13.2 Å². The second kappa shape index (κ2) is 8.00. The van der Waals surface area contributed by atoms with E-state index in [9.17, 15) is 18.0 Å². The van der Waals surface area contributed by atoms with Gasteiger partial charge in [-0.25, -0.2) is 4.98 Å². The third-order valence-electron chi connectivity index (χ3n) is 3.73. The van der Waals surface area contributed by atoms with Crippen LogP contribution in [0.2, 0.25) is 0 Å². The van der Waals surface area contributed by atoms with E-state index < -0.39 is 18.1 Å². The molecule has 1 aliphatic heterocycles. The number of hydrogen-bond donors (Lipinski definition) is 0. The fraction of sp³-hybridized carbons (Fsp3) is 0.438. The number of thiophene rings is 1. The van der Waals surface area contributed by atoms with Crippen LogP contribution in [0.15, 0.2) is 29.1 Å². The van der Waals surface area contributed by atoms with Gasteiger partial charge in [0.2, 0.25) is 17.6 Å². The average molecular weight is 387 g/mol. The van der Waals surface area contributed by atoms with E-state index in [1.807, 2.05) is 16.8 Å². The molecule has 1 fully saturated rings. The van der Waals surface area contributed by atoms with Crippen molar-refractivity contribution < 1.29 is 27.4 Å². The minimum atomic E-state index is -4.63. The molecule has 0 aliphatic carbocycles. The van der Waals surface area contributed by atoms with Crippen LogP contribution in [0.1, 0.15) is 11.4 Å². The summed E-state index contributed by atoms with van der Waals surface area (Å²) < 4.78 is 48.7. The summed E-state index contributed by atoms with van der Waals surface area (Å²) in [5.41, 5.74) is 0.958. The molecular weight excluding hydrogens is 371 g/mol. The lowest BCUT2D eigenvalue weighted by atomic mass is 10.2. The molecular formula is C16H16F3N3O3S. The first kappa shape index (κ1) is 18.6. The van der Waals surface area contributed by atoms with E-state index in [2.05, 4.69) is 9.97 Å². The zero-order valence-corrected chi connectivity index (χ0v) is 14.4. The number of hydrogen-bond acceptors (Lipinski definition) is 6. The second-order valence-corrected chi connectivity index (χ2v) is 6.45. The number of alkyl halides is 3. The van der Waals surface area contributed by atoms with Crippen LogP contribution < -0.4 is 4.74 Å². The molecule has 10 heteroatoms. The first-order valence-electron chi connectivity index (χ1n) is 7.85. The summed E-state index contributed by atoms with van der Waals surface area (Å²) in [7, 11) is 0. The number of rotatable bonds is 5. The molecule has 1 saturated heterocycles. The maximum Gasteiger partial charge on any atom is 0.451 e. The fourth-order valence-corrected chi connectivity index (χ4v) is 3.13. The fourth-order valence-electron chi connectivity index (χ4n) is 2.46. The third kappa shape index (κ3) is 4.92. The Bertz CT molecular complexity index is 740. The second-order valence-electron chi connectivity index (χ2n) is 5.67. The van der Waals surface area contributed by atoms with Gasteiger partial charge in [0.05, 0.1) is 19.6 Å². The van der Waals surface area contributed by atoms with Crippen molar-refractivity contribution in [2.24, 2.45) is 0 Å². The zero-order valence-electron chi connectivity index (χ0n) is 13.6.